The number of halogens is 1. The first-order chi connectivity index (χ1) is 14.8. The molecule has 8 heteroatoms. The van der Waals surface area contributed by atoms with Gasteiger partial charge in [-0.1, -0.05) is 43.6 Å². The molecular formula is C23H29ClN2O4S. The predicted molar refractivity (Wildman–Crippen MR) is 123 cm³/mol. The number of amides is 1. The van der Waals surface area contributed by atoms with E-state index < -0.39 is 10.0 Å². The van der Waals surface area contributed by atoms with Crippen LogP contribution in [-0.2, 0) is 27.7 Å². The zero-order chi connectivity index (χ0) is 22.6. The topological polar surface area (TPSA) is 75.7 Å². The second kappa shape index (κ2) is 10.0. The summed E-state index contributed by atoms with van der Waals surface area (Å²) in [5.74, 6) is 0.162. The fourth-order valence-electron chi connectivity index (χ4n) is 3.94. The Balaban J connectivity index is 1.68. The Hall–Kier alpha value is -2.09. The standard InChI is InChI=1S/C23H29ClN2O4S/c1-4-16-7-6-8-17(5-2)22(16)25-23(27)18-11-13-26(14-12-18)31(28,29)19-9-10-21(30-3)20(24)15-19/h6-10,15,18H,4-5,11-14H2,1-3H3,(H,25,27). The van der Waals surface area contributed by atoms with E-state index in [1.165, 1.54) is 23.5 Å². The smallest absolute Gasteiger partial charge is 0.243 e. The highest BCUT2D eigenvalue weighted by Gasteiger charge is 2.32. The maximum atomic E-state index is 13.0. The maximum absolute atomic E-state index is 13.0. The van der Waals surface area contributed by atoms with Gasteiger partial charge in [0, 0.05) is 24.7 Å². The summed E-state index contributed by atoms with van der Waals surface area (Å²) in [5, 5.41) is 3.37. The molecule has 31 heavy (non-hydrogen) atoms. The fraction of sp³-hybridized carbons (Fsp3) is 0.435. The molecule has 2 aromatic carbocycles. The van der Waals surface area contributed by atoms with E-state index >= 15 is 0 Å². The molecule has 3 rings (SSSR count). The van der Waals surface area contributed by atoms with E-state index in [1.807, 2.05) is 18.2 Å². The van der Waals surface area contributed by atoms with Crippen LogP contribution in [0.2, 0.25) is 5.02 Å². The third-order valence-corrected chi connectivity index (χ3v) is 8.02. The van der Waals surface area contributed by atoms with Gasteiger partial charge >= 0.3 is 0 Å². The highest BCUT2D eigenvalue weighted by molar-refractivity contribution is 7.89. The van der Waals surface area contributed by atoms with Crippen LogP contribution in [0.5, 0.6) is 5.75 Å². The number of sulfonamides is 1. The molecule has 2 aromatic rings. The SMILES string of the molecule is CCc1cccc(CC)c1NC(=O)C1CCN(S(=O)(=O)c2ccc(OC)c(Cl)c2)CC1. The number of methoxy groups -OCH3 is 1. The lowest BCUT2D eigenvalue weighted by Crippen LogP contribution is -2.41. The van der Waals surface area contributed by atoms with E-state index in [0.29, 0.717) is 31.7 Å². The molecule has 1 aliphatic rings. The van der Waals surface area contributed by atoms with Crippen molar-refractivity contribution >= 4 is 33.2 Å². The van der Waals surface area contributed by atoms with Gasteiger partial charge in [0.1, 0.15) is 5.75 Å². The molecule has 0 spiro atoms. The van der Waals surface area contributed by atoms with Crippen molar-refractivity contribution in [1.82, 2.24) is 4.31 Å². The van der Waals surface area contributed by atoms with Gasteiger partial charge < -0.3 is 10.1 Å². The summed E-state index contributed by atoms with van der Waals surface area (Å²) in [5.41, 5.74) is 3.13. The van der Waals surface area contributed by atoms with Crippen LogP contribution in [0.4, 0.5) is 5.69 Å². The molecule has 0 atom stereocenters. The van der Waals surface area contributed by atoms with E-state index in [4.69, 9.17) is 16.3 Å². The Kier molecular flexibility index (Phi) is 7.62. The molecule has 1 fully saturated rings. The zero-order valence-corrected chi connectivity index (χ0v) is 19.7. The van der Waals surface area contributed by atoms with Crippen LogP contribution in [0.25, 0.3) is 0 Å². The van der Waals surface area contributed by atoms with Crippen LogP contribution >= 0.6 is 11.6 Å². The van der Waals surface area contributed by atoms with Crippen molar-refractivity contribution in [2.45, 2.75) is 44.4 Å². The molecule has 1 N–H and O–H groups in total. The van der Waals surface area contributed by atoms with Crippen LogP contribution in [0.3, 0.4) is 0 Å². The minimum Gasteiger partial charge on any atom is -0.495 e. The van der Waals surface area contributed by atoms with Gasteiger partial charge in [0.15, 0.2) is 0 Å². The maximum Gasteiger partial charge on any atom is 0.243 e. The normalized spacial score (nSPS) is 15.6. The van der Waals surface area contributed by atoms with Crippen LogP contribution in [0, 0.1) is 5.92 Å². The molecule has 0 radical (unpaired) electrons. The number of carbonyl (C=O) groups is 1. The van der Waals surface area contributed by atoms with Gasteiger partial charge in [-0.15, -0.1) is 0 Å². The summed E-state index contributed by atoms with van der Waals surface area (Å²) in [4.78, 5) is 13.1. The number of aryl methyl sites for hydroxylation is 2. The van der Waals surface area contributed by atoms with E-state index in [1.54, 1.807) is 6.07 Å². The van der Waals surface area contributed by atoms with Gasteiger partial charge in [-0.2, -0.15) is 4.31 Å². The number of nitrogens with zero attached hydrogens (tertiary/aromatic N) is 1. The van der Waals surface area contributed by atoms with Crippen LogP contribution in [0.1, 0.15) is 37.8 Å². The average molecular weight is 465 g/mol. The average Bonchev–Trinajstić information content (AvgIpc) is 2.79. The zero-order valence-electron chi connectivity index (χ0n) is 18.2. The van der Waals surface area contributed by atoms with E-state index in [0.717, 1.165) is 29.7 Å². The van der Waals surface area contributed by atoms with Gasteiger partial charge in [0.25, 0.3) is 0 Å². The van der Waals surface area contributed by atoms with Crippen molar-refractivity contribution in [2.24, 2.45) is 5.92 Å². The summed E-state index contributed by atoms with van der Waals surface area (Å²) in [6.45, 7) is 4.72. The second-order valence-electron chi connectivity index (χ2n) is 7.62. The van der Waals surface area contributed by atoms with Crippen molar-refractivity contribution in [3.05, 3.63) is 52.5 Å². The van der Waals surface area contributed by atoms with Crippen LogP contribution < -0.4 is 10.1 Å². The molecule has 6 nitrogen and oxygen atoms in total. The number of benzene rings is 2. The summed E-state index contributed by atoms with van der Waals surface area (Å²) >= 11 is 6.10. The minimum absolute atomic E-state index is 0.0415. The quantitative estimate of drug-likeness (QED) is 0.654. The molecule has 0 bridgehead atoms. The molecular weight excluding hydrogens is 436 g/mol. The van der Waals surface area contributed by atoms with Gasteiger partial charge in [-0.25, -0.2) is 8.42 Å². The number of anilines is 1. The Morgan fingerprint density at radius 2 is 1.74 bits per heavy atom. The number of piperidine rings is 1. The Labute approximate surface area is 189 Å². The summed E-state index contributed by atoms with van der Waals surface area (Å²) < 4.78 is 32.5. The largest absolute Gasteiger partial charge is 0.495 e. The Bertz CT molecular complexity index is 1030. The number of rotatable bonds is 7. The third-order valence-electron chi connectivity index (χ3n) is 5.83. The summed E-state index contributed by atoms with van der Waals surface area (Å²) in [6.07, 6.45) is 2.63. The van der Waals surface area contributed by atoms with Gasteiger partial charge in [-0.05, 0) is 55.0 Å². The highest BCUT2D eigenvalue weighted by atomic mass is 35.5. The van der Waals surface area contributed by atoms with Crippen LogP contribution in [-0.4, -0.2) is 38.8 Å². The lowest BCUT2D eigenvalue weighted by molar-refractivity contribution is -0.120. The van der Waals surface area contributed by atoms with Crippen molar-refractivity contribution < 1.29 is 17.9 Å². The number of para-hydroxylation sites is 1. The minimum atomic E-state index is -3.68. The molecule has 1 heterocycles. The number of nitrogens with one attached hydrogen (secondary N) is 1. The van der Waals surface area contributed by atoms with Gasteiger partial charge in [-0.3, -0.25) is 4.79 Å². The molecule has 0 unspecified atom stereocenters. The van der Waals surface area contributed by atoms with Crippen molar-refractivity contribution in [2.75, 3.05) is 25.5 Å². The molecule has 1 aliphatic heterocycles. The van der Waals surface area contributed by atoms with Crippen molar-refractivity contribution in [3.63, 3.8) is 0 Å². The highest BCUT2D eigenvalue weighted by Crippen LogP contribution is 2.31. The summed E-state index contributed by atoms with van der Waals surface area (Å²) in [7, 11) is -2.20. The molecule has 0 saturated carbocycles. The van der Waals surface area contributed by atoms with Crippen molar-refractivity contribution in [1.29, 1.82) is 0 Å². The molecule has 1 amide bonds. The summed E-state index contributed by atoms with van der Waals surface area (Å²) in [6, 6.07) is 10.5. The van der Waals surface area contributed by atoms with Crippen molar-refractivity contribution in [3.8, 4) is 5.75 Å². The number of ether oxygens (including phenoxy) is 1. The number of hydrogen-bond donors (Lipinski definition) is 1. The molecule has 0 aromatic heterocycles. The third kappa shape index (κ3) is 5.05. The second-order valence-corrected chi connectivity index (χ2v) is 9.97. The van der Waals surface area contributed by atoms with Gasteiger partial charge in [0.05, 0.1) is 17.0 Å². The first-order valence-corrected chi connectivity index (χ1v) is 12.4. The van der Waals surface area contributed by atoms with Gasteiger partial charge in [0.2, 0.25) is 15.9 Å². The Morgan fingerprint density at radius 3 is 2.26 bits per heavy atom. The molecule has 1 saturated heterocycles. The van der Waals surface area contributed by atoms with E-state index in [9.17, 15) is 13.2 Å². The first-order valence-electron chi connectivity index (χ1n) is 10.6. The molecule has 168 valence electrons. The predicted octanol–water partition coefficient (Wildman–Crippen LogP) is 4.51. The van der Waals surface area contributed by atoms with Crippen LogP contribution in [0.15, 0.2) is 41.3 Å². The fourth-order valence-corrected chi connectivity index (χ4v) is 5.76. The first kappa shape index (κ1) is 23.6. The Morgan fingerprint density at radius 1 is 1.13 bits per heavy atom. The molecule has 0 aliphatic carbocycles. The monoisotopic (exact) mass is 464 g/mol. The van der Waals surface area contributed by atoms with E-state index in [-0.39, 0.29) is 21.7 Å². The lowest BCUT2D eigenvalue weighted by atomic mass is 9.96. The number of carbonyl (C=O) groups excluding carboxylic acids is 1. The number of hydrogen-bond acceptors (Lipinski definition) is 4. The lowest BCUT2D eigenvalue weighted by Gasteiger charge is -2.31. The van der Waals surface area contributed by atoms with E-state index in [2.05, 4.69) is 19.2 Å².